The highest BCUT2D eigenvalue weighted by Crippen LogP contribution is 2.39. The van der Waals surface area contributed by atoms with Gasteiger partial charge < -0.3 is 0 Å². The van der Waals surface area contributed by atoms with Gasteiger partial charge in [-0.05, 0) is 101 Å². The molecule has 10 aromatic carbocycles. The quantitative estimate of drug-likeness (QED) is 0.171. The van der Waals surface area contributed by atoms with Gasteiger partial charge in [0.25, 0.3) is 0 Å². The summed E-state index contributed by atoms with van der Waals surface area (Å²) < 4.78 is 0. The Hall–Kier alpha value is -7.75. The van der Waals surface area contributed by atoms with Crippen molar-refractivity contribution in [2.45, 2.75) is 0 Å². The van der Waals surface area contributed by atoms with Gasteiger partial charge in [-0.15, -0.1) is 0 Å². The van der Waals surface area contributed by atoms with Gasteiger partial charge in [0.15, 0.2) is 17.5 Å². The first-order valence-electron chi connectivity index (χ1n) is 19.7. The molecule has 1 aromatic heterocycles. The zero-order valence-corrected chi connectivity index (χ0v) is 31.5. The number of benzene rings is 10. The van der Waals surface area contributed by atoms with Gasteiger partial charge in [-0.2, -0.15) is 0 Å². The van der Waals surface area contributed by atoms with E-state index in [0.717, 1.165) is 44.2 Å². The van der Waals surface area contributed by atoms with Gasteiger partial charge in [0.05, 0.1) is 0 Å². The second-order valence-corrected chi connectivity index (χ2v) is 14.8. The Morgan fingerprint density at radius 1 is 0.207 bits per heavy atom. The van der Waals surface area contributed by atoms with E-state index in [9.17, 15) is 0 Å². The molecule has 0 amide bonds. The van der Waals surface area contributed by atoms with Crippen molar-refractivity contribution in [1.29, 1.82) is 0 Å². The second-order valence-electron chi connectivity index (χ2n) is 14.8. The zero-order chi connectivity index (χ0) is 38.4. The van der Waals surface area contributed by atoms with Crippen LogP contribution in [-0.4, -0.2) is 15.0 Å². The average molecular weight is 738 g/mol. The molecule has 0 aliphatic heterocycles. The maximum atomic E-state index is 5.29. The summed E-state index contributed by atoms with van der Waals surface area (Å²) in [5, 5.41) is 9.46. The molecule has 0 bridgehead atoms. The summed E-state index contributed by atoms with van der Waals surface area (Å²) in [6, 6.07) is 75.4. The predicted octanol–water partition coefficient (Wildman–Crippen LogP) is 14.5. The van der Waals surface area contributed by atoms with Gasteiger partial charge in [-0.1, -0.05) is 188 Å². The van der Waals surface area contributed by atoms with Gasteiger partial charge in [-0.3, -0.25) is 0 Å². The molecule has 58 heavy (non-hydrogen) atoms. The van der Waals surface area contributed by atoms with E-state index in [0.29, 0.717) is 17.5 Å². The lowest BCUT2D eigenvalue weighted by atomic mass is 9.91. The summed E-state index contributed by atoms with van der Waals surface area (Å²) in [4.78, 5) is 15.8. The van der Waals surface area contributed by atoms with Crippen molar-refractivity contribution in [3.63, 3.8) is 0 Å². The predicted molar refractivity (Wildman–Crippen MR) is 242 cm³/mol. The van der Waals surface area contributed by atoms with E-state index >= 15 is 0 Å². The highest BCUT2D eigenvalue weighted by atomic mass is 15.0. The van der Waals surface area contributed by atoms with Crippen LogP contribution in [0.15, 0.2) is 212 Å². The van der Waals surface area contributed by atoms with E-state index in [2.05, 4.69) is 212 Å². The molecule has 0 atom stereocenters. The molecule has 0 N–H and O–H groups in total. The SMILES string of the molecule is c1ccc(-c2ccc(-c3cccc(-c4nc(-c5ccc6ccccc6c5)nc(-c5cc(-c6cccc7ccccc67)c6ccccc6c5)n4)c3)c3ccccc23)cc1. The first-order chi connectivity index (χ1) is 28.7. The highest BCUT2D eigenvalue weighted by molar-refractivity contribution is 6.07. The molecule has 0 aliphatic carbocycles. The van der Waals surface area contributed by atoms with E-state index < -0.39 is 0 Å². The van der Waals surface area contributed by atoms with Crippen LogP contribution in [0.4, 0.5) is 0 Å². The maximum Gasteiger partial charge on any atom is 0.164 e. The summed E-state index contributed by atoms with van der Waals surface area (Å²) in [7, 11) is 0. The largest absolute Gasteiger partial charge is 0.208 e. The topological polar surface area (TPSA) is 38.7 Å². The Bertz CT molecular complexity index is 3340. The molecule has 0 unspecified atom stereocenters. The van der Waals surface area contributed by atoms with Crippen molar-refractivity contribution in [3.8, 4) is 67.5 Å². The highest BCUT2D eigenvalue weighted by Gasteiger charge is 2.17. The number of nitrogens with zero attached hydrogens (tertiary/aromatic N) is 3. The molecule has 0 aliphatic rings. The minimum atomic E-state index is 0.625. The van der Waals surface area contributed by atoms with Crippen LogP contribution < -0.4 is 0 Å². The Labute approximate surface area is 336 Å². The molecule has 3 heteroatoms. The molecular formula is C55H35N3. The first-order valence-corrected chi connectivity index (χ1v) is 19.7. The van der Waals surface area contributed by atoms with Crippen molar-refractivity contribution < 1.29 is 0 Å². The Balaban J connectivity index is 1.11. The van der Waals surface area contributed by atoms with E-state index in [4.69, 9.17) is 15.0 Å². The van der Waals surface area contributed by atoms with E-state index in [1.165, 1.54) is 49.0 Å². The molecule has 0 spiro atoms. The standard InChI is InChI=1S/C55H35N3/c1-2-15-37(16-3-1)47-30-31-48(50-26-11-10-25-49(47)50)41-21-12-22-42(33-41)53-56-54(43-29-28-36-14-4-5-18-39(36)32-43)58-55(57-53)44-34-40-19-7-9-24-46(40)52(35-44)51-27-13-20-38-17-6-8-23-45(38)51/h1-35H. The Morgan fingerprint density at radius 3 is 1.43 bits per heavy atom. The lowest BCUT2D eigenvalue weighted by Crippen LogP contribution is -2.01. The third-order valence-electron chi connectivity index (χ3n) is 11.3. The normalized spacial score (nSPS) is 11.4. The Morgan fingerprint density at radius 2 is 0.690 bits per heavy atom. The molecule has 0 fully saturated rings. The van der Waals surface area contributed by atoms with Crippen LogP contribution in [-0.2, 0) is 0 Å². The molecule has 0 radical (unpaired) electrons. The summed E-state index contributed by atoms with van der Waals surface area (Å²) in [5.41, 5.74) is 9.82. The van der Waals surface area contributed by atoms with Crippen LogP contribution in [0.1, 0.15) is 0 Å². The van der Waals surface area contributed by atoms with Gasteiger partial charge in [0, 0.05) is 16.7 Å². The third-order valence-corrected chi connectivity index (χ3v) is 11.3. The number of aromatic nitrogens is 3. The van der Waals surface area contributed by atoms with E-state index in [1.807, 2.05) is 0 Å². The lowest BCUT2D eigenvalue weighted by molar-refractivity contribution is 1.08. The lowest BCUT2D eigenvalue weighted by Gasteiger charge is -2.15. The molecule has 0 saturated carbocycles. The van der Waals surface area contributed by atoms with Gasteiger partial charge in [0.2, 0.25) is 0 Å². The third kappa shape index (κ3) is 5.98. The maximum absolute atomic E-state index is 5.29. The molecule has 1 heterocycles. The van der Waals surface area contributed by atoms with Gasteiger partial charge in [-0.25, -0.2) is 15.0 Å². The first kappa shape index (κ1) is 33.6. The molecule has 3 nitrogen and oxygen atoms in total. The number of rotatable bonds is 6. The monoisotopic (exact) mass is 737 g/mol. The zero-order valence-electron chi connectivity index (χ0n) is 31.5. The van der Waals surface area contributed by atoms with Crippen molar-refractivity contribution in [2.75, 3.05) is 0 Å². The molecule has 11 aromatic rings. The van der Waals surface area contributed by atoms with Crippen LogP contribution in [0.25, 0.3) is 111 Å². The van der Waals surface area contributed by atoms with Crippen molar-refractivity contribution in [1.82, 2.24) is 15.0 Å². The van der Waals surface area contributed by atoms with Crippen LogP contribution >= 0.6 is 0 Å². The number of fused-ring (bicyclic) bond motifs is 4. The summed E-state index contributed by atoms with van der Waals surface area (Å²) >= 11 is 0. The Kier molecular flexibility index (Phi) is 8.15. The fraction of sp³-hybridized carbons (Fsp3) is 0. The van der Waals surface area contributed by atoms with Crippen molar-refractivity contribution in [2.24, 2.45) is 0 Å². The molecule has 0 saturated heterocycles. The number of hydrogen-bond donors (Lipinski definition) is 0. The van der Waals surface area contributed by atoms with Crippen LogP contribution in [0, 0.1) is 0 Å². The summed E-state index contributed by atoms with van der Waals surface area (Å²) in [6.45, 7) is 0. The van der Waals surface area contributed by atoms with Crippen LogP contribution in [0.2, 0.25) is 0 Å². The fourth-order valence-electron chi connectivity index (χ4n) is 8.46. The minimum absolute atomic E-state index is 0.625. The number of hydrogen-bond acceptors (Lipinski definition) is 3. The second kappa shape index (κ2) is 14.1. The summed E-state index contributed by atoms with van der Waals surface area (Å²) in [5.74, 6) is 1.89. The van der Waals surface area contributed by atoms with Crippen LogP contribution in [0.3, 0.4) is 0 Å². The van der Waals surface area contributed by atoms with Gasteiger partial charge >= 0.3 is 0 Å². The molecule has 270 valence electrons. The summed E-state index contributed by atoms with van der Waals surface area (Å²) in [6.07, 6.45) is 0. The van der Waals surface area contributed by atoms with Gasteiger partial charge in [0.1, 0.15) is 0 Å². The van der Waals surface area contributed by atoms with Crippen molar-refractivity contribution >= 4 is 43.1 Å². The van der Waals surface area contributed by atoms with Crippen molar-refractivity contribution in [3.05, 3.63) is 212 Å². The van der Waals surface area contributed by atoms with E-state index in [1.54, 1.807) is 0 Å². The van der Waals surface area contributed by atoms with E-state index in [-0.39, 0.29) is 0 Å². The van der Waals surface area contributed by atoms with Crippen LogP contribution in [0.5, 0.6) is 0 Å². The minimum Gasteiger partial charge on any atom is -0.208 e. The smallest absolute Gasteiger partial charge is 0.164 e. The fourth-order valence-corrected chi connectivity index (χ4v) is 8.46. The molecule has 11 rings (SSSR count). The average Bonchev–Trinajstić information content (AvgIpc) is 3.30. The molecular weight excluding hydrogens is 703 g/mol.